The molecule has 1 nitrogen and oxygen atoms in total. The Labute approximate surface area is 104 Å². The number of likely N-dealkylation sites (N-methyl/N-ethyl adjacent to an activating group) is 1. The van der Waals surface area contributed by atoms with Crippen LogP contribution in [-0.4, -0.2) is 25.5 Å². The molecule has 0 amide bonds. The zero-order chi connectivity index (χ0) is 13.9. The highest BCUT2D eigenvalue weighted by atomic mass is 19.4. The molecule has 1 aromatic rings. The summed E-state index contributed by atoms with van der Waals surface area (Å²) >= 11 is 0. The van der Waals surface area contributed by atoms with Crippen molar-refractivity contribution < 1.29 is 17.3 Å². The first-order valence-electron chi connectivity index (χ1n) is 5.55. The number of halogens is 4. The molecule has 1 rings (SSSR count). The van der Waals surface area contributed by atoms with Gasteiger partial charge in [-0.05, 0) is 26.6 Å². The monoisotopic (exact) mass is 260 g/mol. The first kappa shape index (κ1) is 14.8. The lowest BCUT2D eigenvalue weighted by Crippen LogP contribution is -2.32. The van der Waals surface area contributed by atoms with Crippen LogP contribution >= 0.6 is 0 Å². The Bertz CT molecular complexity index is 430. The normalized spacial score (nSPS) is 13.7. The van der Waals surface area contributed by atoms with Crippen LogP contribution in [0.5, 0.6) is 0 Å². The quantitative estimate of drug-likeness (QED) is 0.575. The average Bonchev–Trinajstić information content (AvgIpc) is 2.27. The van der Waals surface area contributed by atoms with Gasteiger partial charge in [0, 0.05) is 11.6 Å². The van der Waals surface area contributed by atoms with Crippen molar-refractivity contribution in [3.63, 3.8) is 0 Å². The molecule has 1 unspecified atom stereocenters. The van der Waals surface area contributed by atoms with E-state index < -0.39 is 24.3 Å². The molecule has 0 fully saturated rings. The molecule has 0 radical (unpaired) electrons. The van der Waals surface area contributed by atoms with Crippen molar-refractivity contribution in [3.05, 3.63) is 47.7 Å². The second-order valence-corrected chi connectivity index (χ2v) is 4.35. The predicted octanol–water partition coefficient (Wildman–Crippen LogP) is 3.76. The largest absolute Gasteiger partial charge is 0.506 e. The number of nitrogens with zero attached hydrogens (tertiary/aromatic N) is 1. The van der Waals surface area contributed by atoms with Crippen LogP contribution in [0.3, 0.4) is 0 Å². The van der Waals surface area contributed by atoms with Crippen LogP contribution in [0.1, 0.15) is 18.5 Å². The van der Waals surface area contributed by atoms with Crippen molar-refractivity contribution in [3.8, 4) is 0 Å². The summed E-state index contributed by atoms with van der Waals surface area (Å²) in [4.78, 5) is 1.43. The number of hydrogen-bond acceptors (Lipinski definition) is 1. The Kier molecular flexibility index (Phi) is 4.56. The minimum Gasteiger partial charge on any atom is -0.445 e. The van der Waals surface area contributed by atoms with Crippen LogP contribution in [0, 0.1) is 5.82 Å². The fourth-order valence-electron chi connectivity index (χ4n) is 1.61. The van der Waals surface area contributed by atoms with Gasteiger partial charge in [-0.1, -0.05) is 18.2 Å². The van der Waals surface area contributed by atoms with E-state index in [-0.39, 0.29) is 6.54 Å². The number of benzene rings is 1. The Morgan fingerprint density at radius 2 is 1.89 bits per heavy atom. The molecule has 100 valence electrons. The summed E-state index contributed by atoms with van der Waals surface area (Å²) in [6, 6.07) is 5.62. The minimum absolute atomic E-state index is 0.320. The lowest BCUT2D eigenvalue weighted by molar-refractivity contribution is 0.276. The lowest BCUT2D eigenvalue weighted by Gasteiger charge is -2.29. The molecule has 0 bridgehead atoms. The highest BCUT2D eigenvalue weighted by Crippen LogP contribution is 2.25. The minimum atomic E-state index is -5.04. The van der Waals surface area contributed by atoms with Crippen LogP contribution in [0.4, 0.5) is 17.3 Å². The van der Waals surface area contributed by atoms with Gasteiger partial charge in [0.25, 0.3) is 0 Å². The van der Waals surface area contributed by atoms with Crippen molar-refractivity contribution in [2.24, 2.45) is 0 Å². The van der Waals surface area contributed by atoms with Crippen molar-refractivity contribution in [2.45, 2.75) is 13.0 Å². The zero-order valence-electron chi connectivity index (χ0n) is 10.3. The molecule has 6 heteroatoms. The van der Waals surface area contributed by atoms with Crippen molar-refractivity contribution >= 4 is 6.98 Å². The average molecular weight is 260 g/mol. The smallest absolute Gasteiger partial charge is 0.445 e. The summed E-state index contributed by atoms with van der Waals surface area (Å²) in [5, 5.41) is 0. The van der Waals surface area contributed by atoms with Gasteiger partial charge in [0.05, 0.1) is 0 Å². The molecule has 0 aliphatic carbocycles. The molecule has 0 saturated carbocycles. The molecule has 18 heavy (non-hydrogen) atoms. The van der Waals surface area contributed by atoms with Gasteiger partial charge in [-0.2, -0.15) is 0 Å². The van der Waals surface area contributed by atoms with Crippen molar-refractivity contribution in [2.75, 3.05) is 13.6 Å². The van der Waals surface area contributed by atoms with Crippen LogP contribution in [0.25, 0.3) is 0 Å². The van der Waals surface area contributed by atoms with E-state index in [9.17, 15) is 17.3 Å². The zero-order valence-corrected chi connectivity index (χ0v) is 10.3. The molecule has 0 aliphatic rings. The van der Waals surface area contributed by atoms with Gasteiger partial charge in [-0.15, -0.1) is 12.1 Å². The number of rotatable bonds is 5. The third-order valence-corrected chi connectivity index (χ3v) is 2.93. The molecule has 0 aliphatic heterocycles. The maximum absolute atomic E-state index is 13.5. The van der Waals surface area contributed by atoms with Crippen LogP contribution in [-0.2, 0) is 0 Å². The van der Waals surface area contributed by atoms with E-state index in [4.69, 9.17) is 0 Å². The molecular weight excluding hydrogens is 245 g/mol. The first-order chi connectivity index (χ1) is 8.23. The van der Waals surface area contributed by atoms with Crippen molar-refractivity contribution in [1.82, 2.24) is 4.90 Å². The number of hydrogen-bond donors (Lipinski definition) is 0. The van der Waals surface area contributed by atoms with E-state index in [2.05, 4.69) is 6.58 Å². The van der Waals surface area contributed by atoms with Gasteiger partial charge in [0.2, 0.25) is 0 Å². The van der Waals surface area contributed by atoms with E-state index in [1.54, 1.807) is 25.1 Å². The van der Waals surface area contributed by atoms with E-state index in [0.717, 1.165) is 0 Å². The summed E-state index contributed by atoms with van der Waals surface area (Å²) in [6.07, 6.45) is 0. The van der Waals surface area contributed by atoms with E-state index in [1.165, 1.54) is 18.0 Å². The van der Waals surface area contributed by atoms with Gasteiger partial charge in [0.1, 0.15) is 5.82 Å². The fraction of sp³-hybridized carbons (Fsp3) is 0.333. The Hall–Kier alpha value is -1.30. The van der Waals surface area contributed by atoms with Gasteiger partial charge < -0.3 is 12.9 Å². The maximum atomic E-state index is 13.5. The molecule has 0 spiro atoms. The highest BCUT2D eigenvalue weighted by Gasteiger charge is 2.28. The van der Waals surface area contributed by atoms with Gasteiger partial charge in [-0.25, -0.2) is 4.39 Å². The Balaban J connectivity index is 2.77. The second-order valence-electron chi connectivity index (χ2n) is 4.35. The third-order valence-electron chi connectivity index (χ3n) is 2.93. The summed E-state index contributed by atoms with van der Waals surface area (Å²) in [7, 11) is 1.52. The van der Waals surface area contributed by atoms with Gasteiger partial charge in [0.15, 0.2) is 0 Å². The van der Waals surface area contributed by atoms with E-state index in [1.807, 2.05) is 0 Å². The van der Waals surface area contributed by atoms with Crippen LogP contribution in [0.15, 0.2) is 36.3 Å². The molecule has 1 atom stereocenters. The van der Waals surface area contributed by atoms with Crippen LogP contribution in [0.2, 0.25) is 0 Å². The van der Waals surface area contributed by atoms with Gasteiger partial charge >= 0.3 is 6.98 Å². The van der Waals surface area contributed by atoms with E-state index in [0.29, 0.717) is 5.56 Å². The standard InChI is InChI=1S/C12H15BF4N/c1-9(13(15,16)17)8-18(3)10(2)11-6-4-5-7-12(11)14/h4-7,10H,1,8H2,2-3H3/q-1. The molecule has 1 aromatic carbocycles. The summed E-state index contributed by atoms with van der Waals surface area (Å²) in [6.45, 7) is -0.670. The summed E-state index contributed by atoms with van der Waals surface area (Å²) < 4.78 is 50.8. The topological polar surface area (TPSA) is 3.24 Å². The predicted molar refractivity (Wildman–Crippen MR) is 65.7 cm³/mol. The van der Waals surface area contributed by atoms with E-state index >= 15 is 0 Å². The highest BCUT2D eigenvalue weighted by molar-refractivity contribution is 6.66. The summed E-state index contributed by atoms with van der Waals surface area (Å²) in [5.74, 6) is -0.417. The maximum Gasteiger partial charge on any atom is 0.506 e. The lowest BCUT2D eigenvalue weighted by atomic mass is 9.80. The third kappa shape index (κ3) is 3.60. The molecule has 0 heterocycles. The Morgan fingerprint density at radius 1 is 1.33 bits per heavy atom. The van der Waals surface area contributed by atoms with Crippen molar-refractivity contribution in [1.29, 1.82) is 0 Å². The SMILES string of the molecule is C=C(CN(C)C(C)c1ccccc1F)[B-](F)(F)F. The Morgan fingerprint density at radius 3 is 2.39 bits per heavy atom. The molecule has 0 N–H and O–H groups in total. The second kappa shape index (κ2) is 5.56. The summed E-state index contributed by atoms with van der Waals surface area (Å²) in [5.41, 5.74) is -0.400. The van der Waals surface area contributed by atoms with Crippen LogP contribution < -0.4 is 0 Å². The molecular formula is C12H15BF4N-. The van der Waals surface area contributed by atoms with Gasteiger partial charge in [-0.3, -0.25) is 4.90 Å². The first-order valence-corrected chi connectivity index (χ1v) is 5.55. The molecule has 0 aromatic heterocycles. The fourth-order valence-corrected chi connectivity index (χ4v) is 1.61. The molecule has 0 saturated heterocycles.